The van der Waals surface area contributed by atoms with Gasteiger partial charge in [0.1, 0.15) is 6.61 Å². The Balaban J connectivity index is 0. The normalized spacial score (nSPS) is 11.1. The molecule has 0 saturated heterocycles. The molecule has 7 nitrogen and oxygen atoms in total. The van der Waals surface area contributed by atoms with Crippen LogP contribution in [0.25, 0.3) is 0 Å². The van der Waals surface area contributed by atoms with E-state index in [0.29, 0.717) is 65.3 Å². The molecule has 0 saturated carbocycles. The molecule has 0 spiro atoms. The summed E-state index contributed by atoms with van der Waals surface area (Å²) in [6.45, 7) is 11.7. The smallest absolute Gasteiger partial charge is 0.246 e. The molecule has 0 aliphatic heterocycles. The van der Waals surface area contributed by atoms with Crippen molar-refractivity contribution in [1.82, 2.24) is 5.32 Å². The van der Waals surface area contributed by atoms with E-state index in [1.54, 1.807) is 0 Å². The van der Waals surface area contributed by atoms with Gasteiger partial charge in [-0.1, -0.05) is 13.8 Å². The first kappa shape index (κ1) is 22.3. The van der Waals surface area contributed by atoms with Gasteiger partial charge in [-0.3, -0.25) is 4.79 Å². The van der Waals surface area contributed by atoms with Gasteiger partial charge in [0.05, 0.1) is 46.2 Å². The third kappa shape index (κ3) is 19.2. The highest BCUT2D eigenvalue weighted by molar-refractivity contribution is 5.77. The summed E-state index contributed by atoms with van der Waals surface area (Å²) < 4.78 is 26.4. The lowest BCUT2D eigenvalue weighted by molar-refractivity contribution is -0.125. The van der Waals surface area contributed by atoms with Gasteiger partial charge in [0.15, 0.2) is 0 Å². The summed E-state index contributed by atoms with van der Waals surface area (Å²) >= 11 is 0. The second kappa shape index (κ2) is 17.6. The van der Waals surface area contributed by atoms with Gasteiger partial charge in [0, 0.05) is 21.2 Å². The lowest BCUT2D eigenvalue weighted by Crippen LogP contribution is -2.30. The number of carbonyl (C=O) groups excluding carboxylic acids is 1. The van der Waals surface area contributed by atoms with Crippen molar-refractivity contribution in [1.29, 1.82) is 0 Å². The molecule has 0 heterocycles. The van der Waals surface area contributed by atoms with Crippen LogP contribution in [0.4, 0.5) is 0 Å². The molecule has 1 amide bonds. The van der Waals surface area contributed by atoms with Crippen molar-refractivity contribution < 1.29 is 29.9 Å². The predicted molar refractivity (Wildman–Crippen MR) is 89.7 cm³/mol. The summed E-state index contributed by atoms with van der Waals surface area (Å²) in [6, 6.07) is 0. The van der Waals surface area contributed by atoms with Gasteiger partial charge in [-0.25, -0.2) is 0 Å². The fourth-order valence-electron chi connectivity index (χ4n) is 1.49. The first-order valence-corrected chi connectivity index (χ1v) is 8.32. The maximum Gasteiger partial charge on any atom is 0.246 e. The molecule has 0 aliphatic carbocycles. The molecule has 0 rings (SSSR count). The molecule has 0 aromatic carbocycles. The Morgan fingerprint density at radius 1 is 0.870 bits per heavy atom. The summed E-state index contributed by atoms with van der Waals surface area (Å²) in [5, 5.41) is 2.70. The molecule has 140 valence electrons. The van der Waals surface area contributed by atoms with E-state index in [1.807, 2.05) is 6.92 Å². The van der Waals surface area contributed by atoms with Crippen molar-refractivity contribution in [3.8, 4) is 0 Å². The van der Waals surface area contributed by atoms with E-state index in [0.717, 1.165) is 6.61 Å². The lowest BCUT2D eigenvalue weighted by atomic mass is 10.2. The van der Waals surface area contributed by atoms with E-state index < -0.39 is 0 Å². The minimum absolute atomic E-state index is 0. The largest absolute Gasteiger partial charge is 0.379 e. The summed E-state index contributed by atoms with van der Waals surface area (Å²) in [6.07, 6.45) is 0. The van der Waals surface area contributed by atoms with Crippen molar-refractivity contribution >= 4 is 5.91 Å². The summed E-state index contributed by atoms with van der Waals surface area (Å²) in [4.78, 5) is 11.2. The van der Waals surface area contributed by atoms with Crippen LogP contribution in [0.1, 0.15) is 22.2 Å². The van der Waals surface area contributed by atoms with Crippen LogP contribution < -0.4 is 5.32 Å². The third-order valence-corrected chi connectivity index (χ3v) is 2.57. The fourth-order valence-corrected chi connectivity index (χ4v) is 1.49. The Morgan fingerprint density at radius 3 is 1.91 bits per heavy atom. The molecule has 0 bridgehead atoms. The highest BCUT2D eigenvalue weighted by Gasteiger charge is 1.99. The number of nitrogens with one attached hydrogen (secondary N) is 1. The molecule has 23 heavy (non-hydrogen) atoms. The number of hydrogen-bond acceptors (Lipinski definition) is 6. The van der Waals surface area contributed by atoms with E-state index in [9.17, 15) is 4.79 Å². The molecule has 0 fully saturated rings. The zero-order valence-electron chi connectivity index (χ0n) is 14.8. The maximum absolute atomic E-state index is 11.2. The van der Waals surface area contributed by atoms with E-state index in [-0.39, 0.29) is 13.9 Å². The molecule has 0 unspecified atom stereocenters. The topological polar surface area (TPSA) is 75.3 Å². The van der Waals surface area contributed by atoms with Gasteiger partial charge in [0.25, 0.3) is 0 Å². The first-order valence-electron chi connectivity index (χ1n) is 8.32. The highest BCUT2D eigenvalue weighted by Crippen LogP contribution is 1.91. The average Bonchev–Trinajstić information content (AvgIpc) is 2.52. The SMILES string of the molecule is CCOCC(=O)NCCOCCOCCOCCOCC(C)C.[HH]. The number of hydrogen-bond donors (Lipinski definition) is 1. The number of carbonyl (C=O) groups is 1. The summed E-state index contributed by atoms with van der Waals surface area (Å²) in [5.41, 5.74) is 0. The van der Waals surface area contributed by atoms with Crippen LogP contribution in [0.2, 0.25) is 0 Å². The van der Waals surface area contributed by atoms with E-state index in [4.69, 9.17) is 23.7 Å². The minimum atomic E-state index is -0.124. The number of rotatable bonds is 17. The van der Waals surface area contributed by atoms with Crippen LogP contribution >= 0.6 is 0 Å². The van der Waals surface area contributed by atoms with Crippen LogP contribution in [0.3, 0.4) is 0 Å². The third-order valence-electron chi connectivity index (χ3n) is 2.57. The standard InChI is InChI=1S/C16H33NO6.H2/c1-4-19-14-16(18)17-5-6-20-7-8-21-9-10-22-11-12-23-13-15(2)3;/h15H,4-14H2,1-3H3,(H,17,18);1H. The van der Waals surface area contributed by atoms with Crippen LogP contribution in [-0.2, 0) is 28.5 Å². The van der Waals surface area contributed by atoms with Crippen molar-refractivity contribution in [3.63, 3.8) is 0 Å². The van der Waals surface area contributed by atoms with Gasteiger partial charge < -0.3 is 29.0 Å². The second-order valence-electron chi connectivity index (χ2n) is 5.29. The Kier molecular flexibility index (Phi) is 17.1. The van der Waals surface area contributed by atoms with Gasteiger partial charge in [-0.05, 0) is 12.8 Å². The van der Waals surface area contributed by atoms with Crippen LogP contribution in [0.15, 0.2) is 0 Å². The van der Waals surface area contributed by atoms with Gasteiger partial charge in [0.2, 0.25) is 5.91 Å². The van der Waals surface area contributed by atoms with E-state index in [2.05, 4.69) is 19.2 Å². The molecule has 0 aromatic heterocycles. The Hall–Kier alpha value is -0.730. The summed E-state index contributed by atoms with van der Waals surface area (Å²) in [7, 11) is 0. The molecule has 0 atom stereocenters. The van der Waals surface area contributed by atoms with Crippen LogP contribution in [0.5, 0.6) is 0 Å². The molecular formula is C16H35NO6. The van der Waals surface area contributed by atoms with Crippen molar-refractivity contribution in [3.05, 3.63) is 0 Å². The fraction of sp³-hybridized carbons (Fsp3) is 0.938. The Morgan fingerprint density at radius 2 is 1.39 bits per heavy atom. The van der Waals surface area contributed by atoms with Crippen LogP contribution in [0, 0.1) is 5.92 Å². The first-order chi connectivity index (χ1) is 11.2. The predicted octanol–water partition coefficient (Wildman–Crippen LogP) is 1.11. The van der Waals surface area contributed by atoms with E-state index in [1.165, 1.54) is 0 Å². The molecule has 1 N–H and O–H groups in total. The van der Waals surface area contributed by atoms with Gasteiger partial charge >= 0.3 is 0 Å². The van der Waals surface area contributed by atoms with Crippen molar-refractivity contribution in [2.75, 3.05) is 72.6 Å². The lowest BCUT2D eigenvalue weighted by Gasteiger charge is -2.09. The van der Waals surface area contributed by atoms with Crippen molar-refractivity contribution in [2.24, 2.45) is 5.92 Å². The highest BCUT2D eigenvalue weighted by atomic mass is 16.6. The zero-order valence-corrected chi connectivity index (χ0v) is 14.8. The zero-order chi connectivity index (χ0) is 17.2. The Bertz CT molecular complexity index is 269. The minimum Gasteiger partial charge on any atom is -0.379 e. The average molecular weight is 337 g/mol. The quantitative estimate of drug-likeness (QED) is 0.401. The Labute approximate surface area is 141 Å². The van der Waals surface area contributed by atoms with Crippen LogP contribution in [-0.4, -0.2) is 78.5 Å². The molecule has 0 radical (unpaired) electrons. The number of amides is 1. The van der Waals surface area contributed by atoms with E-state index >= 15 is 0 Å². The molecule has 7 heteroatoms. The molecular weight excluding hydrogens is 302 g/mol. The summed E-state index contributed by atoms with van der Waals surface area (Å²) in [5.74, 6) is 0.428. The van der Waals surface area contributed by atoms with Crippen molar-refractivity contribution in [2.45, 2.75) is 20.8 Å². The van der Waals surface area contributed by atoms with Gasteiger partial charge in [-0.2, -0.15) is 0 Å². The maximum atomic E-state index is 11.2. The number of ether oxygens (including phenoxy) is 5. The van der Waals surface area contributed by atoms with Gasteiger partial charge in [-0.15, -0.1) is 0 Å². The molecule has 0 aliphatic rings. The molecule has 0 aromatic rings. The second-order valence-corrected chi connectivity index (χ2v) is 5.29. The monoisotopic (exact) mass is 337 g/mol.